The molecule has 0 aliphatic heterocycles. The van der Waals surface area contributed by atoms with E-state index in [9.17, 15) is 4.79 Å². The van der Waals surface area contributed by atoms with E-state index in [4.69, 9.17) is 5.11 Å². The molecule has 134 valence electrons. The predicted molar refractivity (Wildman–Crippen MR) is 107 cm³/mol. The molecule has 5 nitrogen and oxygen atoms in total. The summed E-state index contributed by atoms with van der Waals surface area (Å²) in [6.07, 6.45) is 2.23. The number of hydrogen-bond acceptors (Lipinski definition) is 3. The molecule has 0 atom stereocenters. The van der Waals surface area contributed by atoms with Gasteiger partial charge in [-0.3, -0.25) is 4.79 Å². The van der Waals surface area contributed by atoms with Gasteiger partial charge in [-0.2, -0.15) is 0 Å². The molecule has 0 saturated heterocycles. The number of aryl methyl sites for hydroxylation is 2. The molecule has 0 spiro atoms. The number of nitrogens with zero attached hydrogens (tertiary/aromatic N) is 2. The number of carbonyl (C=O) groups is 1. The molecule has 2 heterocycles. The molecule has 1 aromatic carbocycles. The number of para-hydroxylation sites is 1. The number of fused-ring (bicyclic) bond motifs is 3. The van der Waals surface area contributed by atoms with Crippen molar-refractivity contribution in [3.63, 3.8) is 0 Å². The highest BCUT2D eigenvalue weighted by molar-refractivity contribution is 8.93. The van der Waals surface area contributed by atoms with Crippen LogP contribution in [0.3, 0.4) is 0 Å². The predicted octanol–water partition coefficient (Wildman–Crippen LogP) is 3.60. The number of benzene rings is 1. The summed E-state index contributed by atoms with van der Waals surface area (Å²) in [5.74, 6) is -0.251. The Labute approximate surface area is 157 Å². The zero-order valence-corrected chi connectivity index (χ0v) is 16.3. The minimum Gasteiger partial charge on any atom is -0.395 e. The van der Waals surface area contributed by atoms with E-state index in [2.05, 4.69) is 33.9 Å². The van der Waals surface area contributed by atoms with E-state index in [-0.39, 0.29) is 36.0 Å². The number of halogens is 1. The van der Waals surface area contributed by atoms with Crippen molar-refractivity contribution in [2.75, 3.05) is 13.2 Å². The van der Waals surface area contributed by atoms with Gasteiger partial charge in [0.25, 0.3) is 5.91 Å². The van der Waals surface area contributed by atoms with Crippen LogP contribution < -0.4 is 5.32 Å². The normalized spacial score (nSPS) is 10.8. The molecule has 3 aromatic rings. The zero-order valence-electron chi connectivity index (χ0n) is 14.6. The first-order chi connectivity index (χ1) is 11.7. The molecular formula is C19H24BrN3O2. The first-order valence-corrected chi connectivity index (χ1v) is 8.45. The van der Waals surface area contributed by atoms with Crippen molar-refractivity contribution in [2.24, 2.45) is 0 Å². The fraction of sp³-hybridized carbons (Fsp3) is 0.368. The third-order valence-corrected chi connectivity index (χ3v) is 4.29. The topological polar surface area (TPSA) is 67.2 Å². The Kier molecular flexibility index (Phi) is 6.56. The number of carbonyl (C=O) groups excluding carboxylic acids is 1. The maximum Gasteiger partial charge on any atom is 0.269 e. The summed E-state index contributed by atoms with van der Waals surface area (Å²) >= 11 is 0. The van der Waals surface area contributed by atoms with Crippen LogP contribution in [0.15, 0.2) is 30.3 Å². The van der Waals surface area contributed by atoms with Crippen molar-refractivity contribution in [1.82, 2.24) is 14.9 Å². The third kappa shape index (κ3) is 3.70. The highest BCUT2D eigenvalue weighted by Gasteiger charge is 2.16. The standard InChI is InChI=1S/C19H23N3O2.BrH/c1-3-4-10-22-17-8-6-5-7-14(17)15-12-16(19(24)20-9-11-23)21-13(2)18(15)22;/h5-8,12,23H,3-4,9-11H2,1-2H3,(H,20,24);1H. The first kappa shape index (κ1) is 19.4. The van der Waals surface area contributed by atoms with Crippen LogP contribution in [0.25, 0.3) is 21.8 Å². The maximum atomic E-state index is 12.2. The van der Waals surface area contributed by atoms with E-state index in [1.165, 1.54) is 5.52 Å². The monoisotopic (exact) mass is 405 g/mol. The van der Waals surface area contributed by atoms with Crippen molar-refractivity contribution >= 4 is 44.7 Å². The summed E-state index contributed by atoms with van der Waals surface area (Å²) in [4.78, 5) is 16.7. The number of aliphatic hydroxyl groups is 1. The van der Waals surface area contributed by atoms with Crippen LogP contribution in [0, 0.1) is 6.92 Å². The molecule has 2 N–H and O–H groups in total. The lowest BCUT2D eigenvalue weighted by Crippen LogP contribution is -2.27. The van der Waals surface area contributed by atoms with Gasteiger partial charge in [-0.05, 0) is 25.5 Å². The summed E-state index contributed by atoms with van der Waals surface area (Å²) in [6.45, 7) is 5.23. The molecule has 0 saturated carbocycles. The molecule has 0 bridgehead atoms. The van der Waals surface area contributed by atoms with Gasteiger partial charge in [-0.25, -0.2) is 4.98 Å². The highest BCUT2D eigenvalue weighted by atomic mass is 79.9. The average Bonchev–Trinajstić information content (AvgIpc) is 2.92. The van der Waals surface area contributed by atoms with Crippen LogP contribution in [-0.4, -0.2) is 33.7 Å². The number of aromatic nitrogens is 2. The van der Waals surface area contributed by atoms with Crippen molar-refractivity contribution in [3.8, 4) is 0 Å². The second kappa shape index (κ2) is 8.45. The van der Waals surface area contributed by atoms with E-state index in [1.54, 1.807) is 0 Å². The maximum absolute atomic E-state index is 12.2. The zero-order chi connectivity index (χ0) is 17.1. The smallest absolute Gasteiger partial charge is 0.269 e. The van der Waals surface area contributed by atoms with Gasteiger partial charge in [0.1, 0.15) is 5.69 Å². The molecule has 1 amide bonds. The minimum atomic E-state index is -0.251. The number of aliphatic hydroxyl groups excluding tert-OH is 1. The lowest BCUT2D eigenvalue weighted by molar-refractivity contribution is 0.0940. The molecule has 0 aliphatic rings. The fourth-order valence-electron chi connectivity index (χ4n) is 3.19. The molecule has 3 rings (SSSR count). The number of hydrogen-bond donors (Lipinski definition) is 2. The number of rotatable bonds is 6. The van der Waals surface area contributed by atoms with Crippen molar-refractivity contribution in [1.29, 1.82) is 0 Å². The lowest BCUT2D eigenvalue weighted by atomic mass is 10.1. The highest BCUT2D eigenvalue weighted by Crippen LogP contribution is 2.31. The van der Waals surface area contributed by atoms with Gasteiger partial charge >= 0.3 is 0 Å². The Morgan fingerprint density at radius 2 is 2.04 bits per heavy atom. The molecule has 0 fully saturated rings. The number of unbranched alkanes of at least 4 members (excludes halogenated alkanes) is 1. The van der Waals surface area contributed by atoms with Crippen molar-refractivity contribution in [2.45, 2.75) is 33.2 Å². The molecule has 0 unspecified atom stereocenters. The molecule has 0 aliphatic carbocycles. The third-order valence-electron chi connectivity index (χ3n) is 4.29. The Bertz CT molecular complexity index is 889. The number of nitrogens with one attached hydrogen (secondary N) is 1. The summed E-state index contributed by atoms with van der Waals surface area (Å²) < 4.78 is 2.31. The van der Waals surface area contributed by atoms with Crippen LogP contribution in [0.1, 0.15) is 35.9 Å². The number of amides is 1. The Morgan fingerprint density at radius 3 is 2.76 bits per heavy atom. The van der Waals surface area contributed by atoms with Gasteiger partial charge in [-0.15, -0.1) is 17.0 Å². The van der Waals surface area contributed by atoms with Gasteiger partial charge in [0, 0.05) is 29.4 Å². The van der Waals surface area contributed by atoms with Gasteiger partial charge < -0.3 is 15.0 Å². The molecule has 6 heteroatoms. The Morgan fingerprint density at radius 1 is 1.28 bits per heavy atom. The Balaban J connectivity index is 0.00000225. The second-order valence-electron chi connectivity index (χ2n) is 5.99. The quantitative estimate of drug-likeness (QED) is 0.658. The molecular weight excluding hydrogens is 382 g/mol. The van der Waals surface area contributed by atoms with Crippen LogP contribution in [0.2, 0.25) is 0 Å². The van der Waals surface area contributed by atoms with Gasteiger partial charge in [0.15, 0.2) is 0 Å². The van der Waals surface area contributed by atoms with Crippen molar-refractivity contribution < 1.29 is 9.90 Å². The molecule has 0 radical (unpaired) electrons. The van der Waals surface area contributed by atoms with Gasteiger partial charge in [-0.1, -0.05) is 31.5 Å². The summed E-state index contributed by atoms with van der Waals surface area (Å²) in [5.41, 5.74) is 3.53. The van der Waals surface area contributed by atoms with E-state index in [0.717, 1.165) is 41.4 Å². The molecule has 2 aromatic heterocycles. The van der Waals surface area contributed by atoms with Crippen molar-refractivity contribution in [3.05, 3.63) is 41.7 Å². The van der Waals surface area contributed by atoms with Gasteiger partial charge in [0.05, 0.1) is 17.8 Å². The minimum absolute atomic E-state index is 0. The van der Waals surface area contributed by atoms with E-state index in [1.807, 2.05) is 25.1 Å². The average molecular weight is 406 g/mol. The second-order valence-corrected chi connectivity index (χ2v) is 5.99. The SMILES string of the molecule is Br.CCCCn1c2ccccc2c2cc(C(=O)NCCO)nc(C)c21. The number of pyridine rings is 1. The molecule has 25 heavy (non-hydrogen) atoms. The van der Waals surface area contributed by atoms with Gasteiger partial charge in [0.2, 0.25) is 0 Å². The van der Waals surface area contributed by atoms with E-state index >= 15 is 0 Å². The van der Waals surface area contributed by atoms with E-state index < -0.39 is 0 Å². The summed E-state index contributed by atoms with van der Waals surface area (Å²) in [6, 6.07) is 10.1. The van der Waals surface area contributed by atoms with Crippen LogP contribution >= 0.6 is 17.0 Å². The summed E-state index contributed by atoms with van der Waals surface area (Å²) in [5, 5.41) is 13.8. The summed E-state index contributed by atoms with van der Waals surface area (Å²) in [7, 11) is 0. The Hall–Kier alpha value is -1.92. The van der Waals surface area contributed by atoms with Crippen LogP contribution in [0.4, 0.5) is 0 Å². The fourth-order valence-corrected chi connectivity index (χ4v) is 3.19. The first-order valence-electron chi connectivity index (χ1n) is 8.45. The lowest BCUT2D eigenvalue weighted by Gasteiger charge is -2.09. The van der Waals surface area contributed by atoms with Crippen LogP contribution in [-0.2, 0) is 6.54 Å². The largest absolute Gasteiger partial charge is 0.395 e. The van der Waals surface area contributed by atoms with Crippen LogP contribution in [0.5, 0.6) is 0 Å². The van der Waals surface area contributed by atoms with E-state index in [0.29, 0.717) is 5.69 Å².